The van der Waals surface area contributed by atoms with Gasteiger partial charge in [0.05, 0.1) is 0 Å². The molecule has 0 aromatic carbocycles. The highest BCUT2D eigenvalue weighted by Crippen LogP contribution is 2.06. The van der Waals surface area contributed by atoms with Gasteiger partial charge in [0.1, 0.15) is 0 Å². The van der Waals surface area contributed by atoms with Crippen LogP contribution in [0.4, 0.5) is 4.79 Å². The lowest BCUT2D eigenvalue weighted by Crippen LogP contribution is -2.40. The van der Waals surface area contributed by atoms with E-state index in [4.69, 9.17) is 5.11 Å². The molecule has 0 spiro atoms. The van der Waals surface area contributed by atoms with Crippen molar-refractivity contribution in [3.63, 3.8) is 0 Å². The molecule has 1 unspecified atom stereocenters. The summed E-state index contributed by atoms with van der Waals surface area (Å²) in [6.07, 6.45) is 4.12. The van der Waals surface area contributed by atoms with Gasteiger partial charge in [0, 0.05) is 26.6 Å². The molecule has 0 saturated carbocycles. The molecular weight excluding hydrogens is 232 g/mol. The first-order chi connectivity index (χ1) is 8.51. The quantitative estimate of drug-likeness (QED) is 0.623. The predicted octanol–water partition coefficient (Wildman–Crippen LogP) is 2.32. The van der Waals surface area contributed by atoms with Crippen LogP contribution in [0.5, 0.6) is 0 Å². The molecule has 0 aromatic heterocycles. The molecule has 2 amide bonds. The summed E-state index contributed by atoms with van der Waals surface area (Å²) in [5, 5.41) is 11.5. The van der Waals surface area contributed by atoms with Gasteiger partial charge in [-0.25, -0.2) is 4.79 Å². The number of unbranched alkanes of at least 4 members (excludes halogenated alkanes) is 2. The third-order valence-electron chi connectivity index (χ3n) is 3.03. The number of hydrogen-bond donors (Lipinski definition) is 2. The molecule has 1 atom stereocenters. The van der Waals surface area contributed by atoms with Gasteiger partial charge in [-0.1, -0.05) is 33.1 Å². The molecule has 0 aliphatic carbocycles. The summed E-state index contributed by atoms with van der Waals surface area (Å²) < 4.78 is 0. The van der Waals surface area contributed by atoms with E-state index in [1.807, 2.05) is 6.92 Å². The predicted molar refractivity (Wildman–Crippen MR) is 71.6 cm³/mol. The number of nitrogens with zero attached hydrogens (tertiary/aromatic N) is 1. The number of aliphatic carboxylic acids is 1. The van der Waals surface area contributed by atoms with Gasteiger partial charge in [-0.3, -0.25) is 4.79 Å². The van der Waals surface area contributed by atoms with Crippen molar-refractivity contribution >= 4 is 12.0 Å². The summed E-state index contributed by atoms with van der Waals surface area (Å²) in [5.74, 6) is -0.803. The lowest BCUT2D eigenvalue weighted by atomic mass is 10.0. The number of carboxylic acids is 1. The number of carbonyl (C=O) groups excluding carboxylic acids is 1. The first-order valence-corrected chi connectivity index (χ1v) is 6.71. The van der Waals surface area contributed by atoms with E-state index in [2.05, 4.69) is 12.2 Å². The second-order valence-electron chi connectivity index (χ2n) is 4.69. The number of carbonyl (C=O) groups is 2. The number of hydrogen-bond acceptors (Lipinski definition) is 2. The first kappa shape index (κ1) is 16.7. The SMILES string of the molecule is CCCCCN(C)C(=O)NCC(CC)CC(=O)O. The van der Waals surface area contributed by atoms with Crippen molar-refractivity contribution in [3.8, 4) is 0 Å². The minimum Gasteiger partial charge on any atom is -0.481 e. The van der Waals surface area contributed by atoms with Crippen LogP contribution in [-0.2, 0) is 4.79 Å². The fourth-order valence-electron chi connectivity index (χ4n) is 1.67. The lowest BCUT2D eigenvalue weighted by Gasteiger charge is -2.20. The van der Waals surface area contributed by atoms with E-state index < -0.39 is 5.97 Å². The smallest absolute Gasteiger partial charge is 0.317 e. The summed E-state index contributed by atoms with van der Waals surface area (Å²) in [4.78, 5) is 24.0. The topological polar surface area (TPSA) is 69.6 Å². The molecule has 0 heterocycles. The van der Waals surface area contributed by atoms with Gasteiger partial charge in [-0.15, -0.1) is 0 Å². The van der Waals surface area contributed by atoms with E-state index in [9.17, 15) is 9.59 Å². The monoisotopic (exact) mass is 258 g/mol. The molecule has 0 saturated heterocycles. The zero-order chi connectivity index (χ0) is 14.0. The third kappa shape index (κ3) is 7.92. The standard InChI is InChI=1S/C13H26N2O3/c1-4-6-7-8-15(3)13(18)14-10-11(5-2)9-12(16)17/h11H,4-10H2,1-3H3,(H,14,18)(H,16,17). The minimum atomic E-state index is -0.813. The van der Waals surface area contributed by atoms with Crippen LogP contribution in [0.2, 0.25) is 0 Å². The lowest BCUT2D eigenvalue weighted by molar-refractivity contribution is -0.138. The molecule has 106 valence electrons. The van der Waals surface area contributed by atoms with Crippen LogP contribution in [-0.4, -0.2) is 42.1 Å². The summed E-state index contributed by atoms with van der Waals surface area (Å²) in [6.45, 7) is 5.23. The van der Waals surface area contributed by atoms with Crippen molar-refractivity contribution in [1.29, 1.82) is 0 Å². The Kier molecular flexibility index (Phi) is 9.06. The Morgan fingerprint density at radius 3 is 2.44 bits per heavy atom. The fraction of sp³-hybridized carbons (Fsp3) is 0.846. The van der Waals surface area contributed by atoms with Crippen molar-refractivity contribution < 1.29 is 14.7 Å². The fourth-order valence-corrected chi connectivity index (χ4v) is 1.67. The molecule has 0 bridgehead atoms. The molecule has 5 nitrogen and oxygen atoms in total. The molecule has 0 rings (SSSR count). The van der Waals surface area contributed by atoms with E-state index in [0.29, 0.717) is 6.54 Å². The number of carboxylic acid groups (broad SMARTS) is 1. The molecule has 0 aliphatic heterocycles. The number of rotatable bonds is 9. The van der Waals surface area contributed by atoms with Crippen molar-refractivity contribution in [1.82, 2.24) is 10.2 Å². The second kappa shape index (κ2) is 9.74. The van der Waals surface area contributed by atoms with Gasteiger partial charge in [-0.2, -0.15) is 0 Å². The average Bonchev–Trinajstić information content (AvgIpc) is 2.33. The number of amides is 2. The van der Waals surface area contributed by atoms with Gasteiger partial charge in [0.15, 0.2) is 0 Å². The second-order valence-corrected chi connectivity index (χ2v) is 4.69. The van der Waals surface area contributed by atoms with Crippen LogP contribution < -0.4 is 5.32 Å². The average molecular weight is 258 g/mol. The van der Waals surface area contributed by atoms with Gasteiger partial charge in [0.2, 0.25) is 0 Å². The van der Waals surface area contributed by atoms with Gasteiger partial charge < -0.3 is 15.3 Å². The molecule has 2 N–H and O–H groups in total. The van der Waals surface area contributed by atoms with Crippen molar-refractivity contribution in [3.05, 3.63) is 0 Å². The van der Waals surface area contributed by atoms with Crippen LogP contribution in [0.25, 0.3) is 0 Å². The molecular formula is C13H26N2O3. The molecule has 0 radical (unpaired) electrons. The Bertz CT molecular complexity index is 257. The maximum absolute atomic E-state index is 11.7. The van der Waals surface area contributed by atoms with Crippen LogP contribution in [0.3, 0.4) is 0 Å². The van der Waals surface area contributed by atoms with Crippen LogP contribution in [0.15, 0.2) is 0 Å². The van der Waals surface area contributed by atoms with Gasteiger partial charge in [0.25, 0.3) is 0 Å². The first-order valence-electron chi connectivity index (χ1n) is 6.71. The highest BCUT2D eigenvalue weighted by atomic mass is 16.4. The third-order valence-corrected chi connectivity index (χ3v) is 3.03. The van der Waals surface area contributed by atoms with Gasteiger partial charge in [-0.05, 0) is 12.3 Å². The van der Waals surface area contributed by atoms with E-state index in [1.165, 1.54) is 0 Å². The maximum atomic E-state index is 11.7. The van der Waals surface area contributed by atoms with Crippen LogP contribution in [0.1, 0.15) is 46.0 Å². The summed E-state index contributed by atoms with van der Waals surface area (Å²) in [6, 6.07) is -0.116. The minimum absolute atomic E-state index is 0.00971. The maximum Gasteiger partial charge on any atom is 0.317 e. The Morgan fingerprint density at radius 2 is 1.94 bits per heavy atom. The van der Waals surface area contributed by atoms with Crippen molar-refractivity contribution in [2.75, 3.05) is 20.1 Å². The molecule has 18 heavy (non-hydrogen) atoms. The Morgan fingerprint density at radius 1 is 1.28 bits per heavy atom. The molecule has 0 fully saturated rings. The largest absolute Gasteiger partial charge is 0.481 e. The Balaban J connectivity index is 3.88. The van der Waals surface area contributed by atoms with E-state index in [0.717, 1.165) is 32.2 Å². The highest BCUT2D eigenvalue weighted by molar-refractivity contribution is 5.74. The van der Waals surface area contributed by atoms with Crippen molar-refractivity contribution in [2.45, 2.75) is 46.0 Å². The zero-order valence-corrected chi connectivity index (χ0v) is 11.7. The summed E-state index contributed by atoms with van der Waals surface area (Å²) in [5.41, 5.74) is 0. The van der Waals surface area contributed by atoms with Crippen LogP contribution >= 0.6 is 0 Å². The van der Waals surface area contributed by atoms with Crippen LogP contribution in [0, 0.1) is 5.92 Å². The number of urea groups is 1. The normalized spacial score (nSPS) is 11.9. The summed E-state index contributed by atoms with van der Waals surface area (Å²) in [7, 11) is 1.77. The zero-order valence-electron chi connectivity index (χ0n) is 11.7. The van der Waals surface area contributed by atoms with E-state index in [1.54, 1.807) is 11.9 Å². The van der Waals surface area contributed by atoms with Crippen molar-refractivity contribution in [2.24, 2.45) is 5.92 Å². The Hall–Kier alpha value is -1.26. The van der Waals surface area contributed by atoms with E-state index in [-0.39, 0.29) is 18.4 Å². The highest BCUT2D eigenvalue weighted by Gasteiger charge is 2.14. The molecule has 0 aliphatic rings. The molecule has 0 aromatic rings. The summed E-state index contributed by atoms with van der Waals surface area (Å²) >= 11 is 0. The van der Waals surface area contributed by atoms with Gasteiger partial charge >= 0.3 is 12.0 Å². The molecule has 5 heteroatoms. The van der Waals surface area contributed by atoms with E-state index >= 15 is 0 Å². The Labute approximate surface area is 110 Å². The number of nitrogens with one attached hydrogen (secondary N) is 1.